The van der Waals surface area contributed by atoms with E-state index in [1.807, 2.05) is 0 Å². The number of anilines is 1. The molecule has 0 radical (unpaired) electrons. The van der Waals surface area contributed by atoms with Crippen molar-refractivity contribution < 1.29 is 23.1 Å². The number of carbonyl (C=O) groups is 1. The molecular formula is C20H16ClNO5S. The van der Waals surface area contributed by atoms with Gasteiger partial charge in [0.1, 0.15) is 12.4 Å². The van der Waals surface area contributed by atoms with Crippen LogP contribution in [-0.2, 0) is 16.6 Å². The molecule has 0 heterocycles. The van der Waals surface area contributed by atoms with Gasteiger partial charge in [0, 0.05) is 11.1 Å². The van der Waals surface area contributed by atoms with Crippen molar-refractivity contribution in [3.8, 4) is 5.75 Å². The van der Waals surface area contributed by atoms with Crippen LogP contribution in [0.5, 0.6) is 5.75 Å². The second-order valence-electron chi connectivity index (χ2n) is 5.85. The van der Waals surface area contributed by atoms with Crippen molar-refractivity contribution in [3.63, 3.8) is 0 Å². The minimum Gasteiger partial charge on any atom is -0.487 e. The Morgan fingerprint density at radius 2 is 1.75 bits per heavy atom. The molecule has 144 valence electrons. The van der Waals surface area contributed by atoms with Crippen LogP contribution < -0.4 is 9.46 Å². The van der Waals surface area contributed by atoms with Gasteiger partial charge in [0.05, 0.1) is 16.1 Å². The molecule has 0 fully saturated rings. The minimum absolute atomic E-state index is 0.0432. The molecule has 0 spiro atoms. The van der Waals surface area contributed by atoms with Crippen molar-refractivity contribution in [1.29, 1.82) is 0 Å². The highest BCUT2D eigenvalue weighted by Gasteiger charge is 2.17. The normalized spacial score (nSPS) is 11.0. The lowest BCUT2D eigenvalue weighted by atomic mass is 10.1. The largest absolute Gasteiger partial charge is 0.487 e. The van der Waals surface area contributed by atoms with Gasteiger partial charge < -0.3 is 9.84 Å². The Kier molecular flexibility index (Phi) is 5.87. The van der Waals surface area contributed by atoms with Crippen LogP contribution in [0.15, 0.2) is 77.7 Å². The summed E-state index contributed by atoms with van der Waals surface area (Å²) in [5.74, 6) is -0.811. The van der Waals surface area contributed by atoms with Crippen LogP contribution in [0.3, 0.4) is 0 Å². The Bertz CT molecular complexity index is 1100. The summed E-state index contributed by atoms with van der Waals surface area (Å²) in [6.45, 7) is 0.0432. The maximum absolute atomic E-state index is 12.6. The van der Waals surface area contributed by atoms with Crippen LogP contribution >= 0.6 is 11.6 Å². The first-order valence-electron chi connectivity index (χ1n) is 8.17. The molecule has 0 bridgehead atoms. The number of benzene rings is 3. The first-order chi connectivity index (χ1) is 13.3. The molecule has 0 atom stereocenters. The number of hydrogen-bond donors (Lipinski definition) is 2. The zero-order valence-electron chi connectivity index (χ0n) is 14.5. The standard InChI is InChI=1S/C20H16ClNO5S/c21-16-9-10-18(22-28(25,26)17-7-2-1-3-8-17)19(12-16)27-13-14-5-4-6-15(11-14)20(23)24/h1-12,22H,13H2,(H,23,24). The van der Waals surface area contributed by atoms with Gasteiger partial charge in [-0.1, -0.05) is 41.9 Å². The summed E-state index contributed by atoms with van der Waals surface area (Å²) >= 11 is 6.02. The lowest BCUT2D eigenvalue weighted by molar-refractivity contribution is 0.0696. The molecule has 0 aliphatic carbocycles. The van der Waals surface area contributed by atoms with Crippen molar-refractivity contribution in [2.45, 2.75) is 11.5 Å². The fourth-order valence-electron chi connectivity index (χ4n) is 2.46. The van der Waals surface area contributed by atoms with Crippen molar-refractivity contribution >= 4 is 33.3 Å². The Hall–Kier alpha value is -3.03. The van der Waals surface area contributed by atoms with Crippen LogP contribution in [0.1, 0.15) is 15.9 Å². The summed E-state index contributed by atoms with van der Waals surface area (Å²) in [5.41, 5.74) is 0.983. The smallest absolute Gasteiger partial charge is 0.335 e. The van der Waals surface area contributed by atoms with E-state index in [-0.39, 0.29) is 28.5 Å². The molecule has 0 amide bonds. The van der Waals surface area contributed by atoms with Gasteiger partial charge in [-0.05, 0) is 42.0 Å². The molecule has 0 unspecified atom stereocenters. The summed E-state index contributed by atoms with van der Waals surface area (Å²) in [6.07, 6.45) is 0. The maximum Gasteiger partial charge on any atom is 0.335 e. The highest BCUT2D eigenvalue weighted by molar-refractivity contribution is 7.92. The highest BCUT2D eigenvalue weighted by atomic mass is 35.5. The average molecular weight is 418 g/mol. The summed E-state index contributed by atoms with van der Waals surface area (Å²) < 4.78 is 33.3. The quantitative estimate of drug-likeness (QED) is 0.593. The number of carboxylic acids is 1. The van der Waals surface area contributed by atoms with E-state index in [2.05, 4.69) is 4.72 Å². The lowest BCUT2D eigenvalue weighted by Crippen LogP contribution is -2.13. The molecule has 0 saturated carbocycles. The fourth-order valence-corrected chi connectivity index (χ4v) is 3.71. The van der Waals surface area contributed by atoms with Crippen LogP contribution in [0, 0.1) is 0 Å². The van der Waals surface area contributed by atoms with Crippen LogP contribution in [0.25, 0.3) is 0 Å². The number of sulfonamides is 1. The van der Waals surface area contributed by atoms with Gasteiger partial charge in [-0.25, -0.2) is 13.2 Å². The molecule has 28 heavy (non-hydrogen) atoms. The number of aromatic carboxylic acids is 1. The van der Waals surface area contributed by atoms with Gasteiger partial charge in [0.15, 0.2) is 0 Å². The van der Waals surface area contributed by atoms with Crippen molar-refractivity contribution in [3.05, 3.63) is 88.9 Å². The third kappa shape index (κ3) is 4.82. The molecule has 6 nitrogen and oxygen atoms in total. The van der Waals surface area contributed by atoms with Crippen molar-refractivity contribution in [1.82, 2.24) is 0 Å². The van der Waals surface area contributed by atoms with Crippen molar-refractivity contribution in [2.24, 2.45) is 0 Å². The lowest BCUT2D eigenvalue weighted by Gasteiger charge is -2.14. The van der Waals surface area contributed by atoms with Gasteiger partial charge in [-0.2, -0.15) is 0 Å². The third-order valence-electron chi connectivity index (χ3n) is 3.81. The van der Waals surface area contributed by atoms with E-state index in [1.165, 1.54) is 36.4 Å². The van der Waals surface area contributed by atoms with Crippen LogP contribution in [0.4, 0.5) is 5.69 Å². The predicted octanol–water partition coefficient (Wildman–Crippen LogP) is 4.42. The van der Waals surface area contributed by atoms with Gasteiger partial charge in [0.25, 0.3) is 10.0 Å². The maximum atomic E-state index is 12.6. The van der Waals surface area contributed by atoms with Gasteiger partial charge in [-0.15, -0.1) is 0 Å². The zero-order chi connectivity index (χ0) is 20.1. The van der Waals surface area contributed by atoms with E-state index in [0.717, 1.165) is 0 Å². The average Bonchev–Trinajstić information content (AvgIpc) is 2.69. The van der Waals surface area contributed by atoms with E-state index in [4.69, 9.17) is 21.4 Å². The van der Waals surface area contributed by atoms with E-state index in [1.54, 1.807) is 36.4 Å². The third-order valence-corrected chi connectivity index (χ3v) is 5.43. The molecule has 0 aliphatic heterocycles. The van der Waals surface area contributed by atoms with Crippen molar-refractivity contribution in [2.75, 3.05) is 4.72 Å². The zero-order valence-corrected chi connectivity index (χ0v) is 16.1. The molecule has 2 N–H and O–H groups in total. The number of carboxylic acid groups (broad SMARTS) is 1. The first-order valence-corrected chi connectivity index (χ1v) is 10.0. The topological polar surface area (TPSA) is 92.7 Å². The molecule has 8 heteroatoms. The molecule has 3 aromatic rings. The summed E-state index contributed by atoms with van der Waals surface area (Å²) in [7, 11) is -3.80. The van der Waals surface area contributed by atoms with Gasteiger partial charge in [-0.3, -0.25) is 4.72 Å². The van der Waals surface area contributed by atoms with E-state index in [9.17, 15) is 13.2 Å². The van der Waals surface area contributed by atoms with Crippen LogP contribution in [0.2, 0.25) is 5.02 Å². The Morgan fingerprint density at radius 3 is 2.46 bits per heavy atom. The summed E-state index contributed by atoms with van der Waals surface area (Å²) in [6, 6.07) is 18.8. The fraction of sp³-hybridized carbons (Fsp3) is 0.0500. The van der Waals surface area contributed by atoms with E-state index < -0.39 is 16.0 Å². The molecule has 3 rings (SSSR count). The Labute approximate surface area is 167 Å². The molecular weight excluding hydrogens is 402 g/mol. The first kappa shape index (κ1) is 19.7. The number of nitrogens with one attached hydrogen (secondary N) is 1. The number of rotatable bonds is 7. The number of halogens is 1. The van der Waals surface area contributed by atoms with Crippen LogP contribution in [-0.4, -0.2) is 19.5 Å². The highest BCUT2D eigenvalue weighted by Crippen LogP contribution is 2.31. The summed E-state index contributed by atoms with van der Waals surface area (Å²) in [4.78, 5) is 11.2. The van der Waals surface area contributed by atoms with Gasteiger partial charge in [0.2, 0.25) is 0 Å². The minimum atomic E-state index is -3.80. The molecule has 0 aromatic heterocycles. The van der Waals surface area contributed by atoms with E-state index >= 15 is 0 Å². The molecule has 0 saturated heterocycles. The number of ether oxygens (including phenoxy) is 1. The van der Waals surface area contributed by atoms with Gasteiger partial charge >= 0.3 is 5.97 Å². The molecule has 0 aliphatic rings. The van der Waals surface area contributed by atoms with E-state index in [0.29, 0.717) is 10.6 Å². The Balaban J connectivity index is 1.83. The SMILES string of the molecule is O=C(O)c1cccc(COc2cc(Cl)ccc2NS(=O)(=O)c2ccccc2)c1. The number of hydrogen-bond acceptors (Lipinski definition) is 4. The second kappa shape index (κ2) is 8.33. The molecule has 3 aromatic carbocycles. The second-order valence-corrected chi connectivity index (χ2v) is 7.97. The monoisotopic (exact) mass is 417 g/mol. The summed E-state index contributed by atoms with van der Waals surface area (Å²) in [5, 5.41) is 9.45. The Morgan fingerprint density at radius 1 is 1.00 bits per heavy atom. The predicted molar refractivity (Wildman–Crippen MR) is 106 cm³/mol.